The van der Waals surface area contributed by atoms with Crippen LogP contribution in [0.5, 0.6) is 0 Å². The Morgan fingerprint density at radius 2 is 1.74 bits per heavy atom. The number of carboxylic acids is 1. The van der Waals surface area contributed by atoms with Gasteiger partial charge in [0.15, 0.2) is 0 Å². The molecule has 5 nitrogen and oxygen atoms in total. The van der Waals surface area contributed by atoms with Gasteiger partial charge in [0, 0.05) is 42.5 Å². The molecule has 0 radical (unpaired) electrons. The van der Waals surface area contributed by atoms with Gasteiger partial charge in [-0.05, 0) is 74.5 Å². The molecular weight excluding hydrogens is 478 g/mol. The molecule has 2 aromatic heterocycles. The second-order valence-corrected chi connectivity index (χ2v) is 11.9. The van der Waals surface area contributed by atoms with Crippen molar-refractivity contribution in [1.29, 1.82) is 0 Å². The minimum absolute atomic E-state index is 0.449. The van der Waals surface area contributed by atoms with Crippen LogP contribution in [0.15, 0.2) is 24.3 Å². The van der Waals surface area contributed by atoms with E-state index in [1.807, 2.05) is 12.1 Å². The highest BCUT2D eigenvalue weighted by molar-refractivity contribution is 7.21. The molecule has 35 heavy (non-hydrogen) atoms. The number of aromatic carboxylic acids is 1. The van der Waals surface area contributed by atoms with Crippen molar-refractivity contribution in [2.75, 3.05) is 37.6 Å². The number of anilines is 1. The summed E-state index contributed by atoms with van der Waals surface area (Å²) >= 11 is 8.03. The second-order valence-electron chi connectivity index (χ2n) is 10.4. The quantitative estimate of drug-likeness (QED) is 0.397. The lowest BCUT2D eigenvalue weighted by Crippen LogP contribution is -2.38. The van der Waals surface area contributed by atoms with Gasteiger partial charge in [-0.1, -0.05) is 37.3 Å². The van der Waals surface area contributed by atoms with Crippen molar-refractivity contribution in [3.8, 4) is 11.3 Å². The van der Waals surface area contributed by atoms with E-state index in [0.29, 0.717) is 10.8 Å². The van der Waals surface area contributed by atoms with E-state index in [1.54, 1.807) is 0 Å². The zero-order valence-electron chi connectivity index (χ0n) is 20.3. The lowest BCUT2D eigenvalue weighted by molar-refractivity contribution is 0.0702. The number of nitrogens with zero attached hydrogens (tertiary/aromatic N) is 3. The maximum Gasteiger partial charge on any atom is 0.345 e. The summed E-state index contributed by atoms with van der Waals surface area (Å²) in [5.74, 6) is -0.328. The van der Waals surface area contributed by atoms with Gasteiger partial charge in [-0.25, -0.2) is 4.79 Å². The van der Waals surface area contributed by atoms with E-state index in [9.17, 15) is 9.90 Å². The van der Waals surface area contributed by atoms with E-state index in [-0.39, 0.29) is 0 Å². The highest BCUT2D eigenvalue weighted by Gasteiger charge is 2.32. The Labute approximate surface area is 216 Å². The third kappa shape index (κ3) is 4.38. The van der Waals surface area contributed by atoms with Crippen LogP contribution >= 0.6 is 22.9 Å². The molecule has 1 N–H and O–H groups in total. The topological polar surface area (TPSA) is 48.7 Å². The Bertz CT molecular complexity index is 1240. The van der Waals surface area contributed by atoms with Crippen LogP contribution in [0, 0.1) is 0 Å². The largest absolute Gasteiger partial charge is 0.477 e. The smallest absolute Gasteiger partial charge is 0.345 e. The summed E-state index contributed by atoms with van der Waals surface area (Å²) in [5.41, 5.74) is 6.28. The molecular formula is C28H34ClN3O2S. The van der Waals surface area contributed by atoms with E-state index in [4.69, 9.17) is 11.6 Å². The third-order valence-electron chi connectivity index (χ3n) is 8.28. The Morgan fingerprint density at radius 1 is 0.971 bits per heavy atom. The number of rotatable bonds is 5. The van der Waals surface area contributed by atoms with Crippen molar-refractivity contribution >= 4 is 44.8 Å². The standard InChI is InChI=1S/C28H34ClN3O2S/c29-20-9-10-21-22(17-20)31(14-13-30-11-5-2-6-12-30)15-16-32-23-18-24(28(33)34)35-27(23)25(26(21)32)19-7-3-1-4-8-19/h9-10,17-19H,1-8,11-16H2,(H,33,34). The minimum atomic E-state index is -0.820. The van der Waals surface area contributed by atoms with Crippen molar-refractivity contribution in [3.63, 3.8) is 0 Å². The first-order chi connectivity index (χ1) is 17.1. The van der Waals surface area contributed by atoms with Crippen molar-refractivity contribution in [2.24, 2.45) is 0 Å². The van der Waals surface area contributed by atoms with Gasteiger partial charge in [-0.15, -0.1) is 11.3 Å². The van der Waals surface area contributed by atoms with Crippen molar-refractivity contribution in [2.45, 2.75) is 63.8 Å². The lowest BCUT2D eigenvalue weighted by Gasteiger charge is -2.31. The summed E-state index contributed by atoms with van der Waals surface area (Å²) < 4.78 is 3.61. The molecule has 2 aliphatic heterocycles. The Morgan fingerprint density at radius 3 is 2.51 bits per heavy atom. The number of fused-ring (bicyclic) bond motifs is 5. The molecule has 1 aromatic carbocycles. The van der Waals surface area contributed by atoms with Gasteiger partial charge in [-0.3, -0.25) is 0 Å². The number of hydrogen-bond acceptors (Lipinski definition) is 4. The summed E-state index contributed by atoms with van der Waals surface area (Å²) in [7, 11) is 0. The average molecular weight is 512 g/mol. The molecule has 0 atom stereocenters. The van der Waals surface area contributed by atoms with Crippen molar-refractivity contribution in [1.82, 2.24) is 9.47 Å². The zero-order chi connectivity index (χ0) is 23.9. The summed E-state index contributed by atoms with van der Waals surface area (Å²) in [6.07, 6.45) is 10.2. The normalized spacial score (nSPS) is 19.5. The molecule has 2 fully saturated rings. The molecule has 1 saturated heterocycles. The molecule has 4 heterocycles. The molecule has 1 aliphatic carbocycles. The van der Waals surface area contributed by atoms with Crippen molar-refractivity contribution in [3.05, 3.63) is 39.7 Å². The van der Waals surface area contributed by atoms with Gasteiger partial charge in [-0.2, -0.15) is 0 Å². The number of carboxylic acid groups (broad SMARTS) is 1. The third-order valence-corrected chi connectivity index (χ3v) is 9.66. The number of carbonyl (C=O) groups is 1. The molecule has 0 unspecified atom stereocenters. The van der Waals surface area contributed by atoms with Gasteiger partial charge in [0.25, 0.3) is 0 Å². The van der Waals surface area contributed by atoms with Crippen LogP contribution in [-0.4, -0.2) is 53.3 Å². The molecule has 0 amide bonds. The van der Waals surface area contributed by atoms with E-state index < -0.39 is 5.97 Å². The monoisotopic (exact) mass is 511 g/mol. The Balaban J connectivity index is 1.46. The fourth-order valence-corrected chi connectivity index (χ4v) is 7.82. The number of aromatic nitrogens is 1. The number of halogens is 1. The summed E-state index contributed by atoms with van der Waals surface area (Å²) in [5, 5.41) is 10.5. The maximum absolute atomic E-state index is 11.9. The van der Waals surface area contributed by atoms with Gasteiger partial charge in [0.1, 0.15) is 4.88 Å². The van der Waals surface area contributed by atoms with E-state index >= 15 is 0 Å². The van der Waals surface area contributed by atoms with Crippen LogP contribution in [-0.2, 0) is 6.54 Å². The van der Waals surface area contributed by atoms with E-state index in [0.717, 1.165) is 36.7 Å². The molecule has 0 bridgehead atoms. The fourth-order valence-electron chi connectivity index (χ4n) is 6.53. The van der Waals surface area contributed by atoms with Crippen molar-refractivity contribution < 1.29 is 9.90 Å². The number of likely N-dealkylation sites (tertiary alicyclic amines) is 1. The lowest BCUT2D eigenvalue weighted by atomic mass is 9.83. The minimum Gasteiger partial charge on any atom is -0.477 e. The fraction of sp³-hybridized carbons (Fsp3) is 0.536. The maximum atomic E-state index is 11.9. The number of thiophene rings is 1. The Hall–Kier alpha value is -2.02. The van der Waals surface area contributed by atoms with Crippen LogP contribution in [0.2, 0.25) is 5.02 Å². The summed E-state index contributed by atoms with van der Waals surface area (Å²) in [4.78, 5) is 17.5. The van der Waals surface area contributed by atoms with Gasteiger partial charge < -0.3 is 19.5 Å². The molecule has 1 saturated carbocycles. The van der Waals surface area contributed by atoms with Crippen LogP contribution < -0.4 is 4.90 Å². The van der Waals surface area contributed by atoms with Crippen LogP contribution in [0.1, 0.15) is 72.5 Å². The van der Waals surface area contributed by atoms with E-state index in [2.05, 4.69) is 26.5 Å². The Kier molecular flexibility index (Phi) is 6.54. The van der Waals surface area contributed by atoms with Crippen LogP contribution in [0.25, 0.3) is 21.5 Å². The molecule has 3 aromatic rings. The number of benzene rings is 1. The second kappa shape index (κ2) is 9.79. The van der Waals surface area contributed by atoms with Gasteiger partial charge in [0.05, 0.1) is 15.9 Å². The predicted octanol–water partition coefficient (Wildman–Crippen LogP) is 7.08. The highest BCUT2D eigenvalue weighted by atomic mass is 35.5. The first kappa shape index (κ1) is 23.4. The average Bonchev–Trinajstić information content (AvgIpc) is 3.39. The summed E-state index contributed by atoms with van der Waals surface area (Å²) in [6, 6.07) is 8.29. The van der Waals surface area contributed by atoms with Gasteiger partial charge >= 0.3 is 5.97 Å². The first-order valence-electron chi connectivity index (χ1n) is 13.3. The van der Waals surface area contributed by atoms with Gasteiger partial charge in [0.2, 0.25) is 0 Å². The SMILES string of the molecule is O=C(O)c1cc2c(s1)c(C1CCCCC1)c1n2CCN(CCN2CCCCC2)c2cc(Cl)ccc2-1. The van der Waals surface area contributed by atoms with Crippen LogP contribution in [0.3, 0.4) is 0 Å². The first-order valence-corrected chi connectivity index (χ1v) is 14.5. The number of hydrogen-bond donors (Lipinski definition) is 1. The van der Waals surface area contributed by atoms with Crippen LogP contribution in [0.4, 0.5) is 5.69 Å². The highest BCUT2D eigenvalue weighted by Crippen LogP contribution is 2.49. The molecule has 3 aliphatic rings. The van der Waals surface area contributed by atoms with E-state index in [1.165, 1.54) is 103 Å². The number of piperidine rings is 1. The molecule has 6 rings (SSSR count). The zero-order valence-corrected chi connectivity index (χ0v) is 21.8. The molecule has 186 valence electrons. The predicted molar refractivity (Wildman–Crippen MR) is 146 cm³/mol. The molecule has 7 heteroatoms. The molecule has 0 spiro atoms. The summed E-state index contributed by atoms with van der Waals surface area (Å²) in [6.45, 7) is 6.24.